The lowest BCUT2D eigenvalue weighted by atomic mass is 9.70. The van der Waals surface area contributed by atoms with E-state index in [9.17, 15) is 5.11 Å². The highest BCUT2D eigenvalue weighted by Gasteiger charge is 2.30. The first-order valence-corrected chi connectivity index (χ1v) is 13.4. The molecule has 0 radical (unpaired) electrons. The molecule has 186 valence electrons. The highest BCUT2D eigenvalue weighted by Crippen LogP contribution is 2.39. The van der Waals surface area contributed by atoms with E-state index in [-0.39, 0.29) is 0 Å². The maximum atomic E-state index is 9.44. The molecule has 2 heteroatoms. The minimum Gasteiger partial charge on any atom is -0.513 e. The smallest absolute Gasteiger partial charge is 0.0851 e. The topological polar surface area (TPSA) is 46.2 Å². The third kappa shape index (κ3) is 10.6. The highest BCUT2D eigenvalue weighted by molar-refractivity contribution is 5.33. The molecule has 1 aliphatic rings. The van der Waals surface area contributed by atoms with E-state index in [1.54, 1.807) is 0 Å². The second-order valence-electron chi connectivity index (χ2n) is 9.91. The van der Waals surface area contributed by atoms with Crippen molar-refractivity contribution < 1.29 is 5.11 Å². The van der Waals surface area contributed by atoms with E-state index in [2.05, 4.69) is 52.5 Å². The maximum Gasteiger partial charge on any atom is 0.0851 e. The third-order valence-electron chi connectivity index (χ3n) is 7.10. The van der Waals surface area contributed by atoms with Gasteiger partial charge in [0.2, 0.25) is 0 Å². The highest BCUT2D eigenvalue weighted by atomic mass is 16.3. The summed E-state index contributed by atoms with van der Waals surface area (Å²) < 4.78 is 0. The van der Waals surface area contributed by atoms with Gasteiger partial charge in [-0.2, -0.15) is 0 Å². The van der Waals surface area contributed by atoms with Gasteiger partial charge in [-0.1, -0.05) is 85.2 Å². The Labute approximate surface area is 201 Å². The summed E-state index contributed by atoms with van der Waals surface area (Å²) >= 11 is 0. The van der Waals surface area contributed by atoms with Gasteiger partial charge in [-0.05, 0) is 86.7 Å². The van der Waals surface area contributed by atoms with Crippen molar-refractivity contribution in [1.29, 1.82) is 0 Å². The third-order valence-corrected chi connectivity index (χ3v) is 7.10. The molecule has 0 amide bonds. The minimum absolute atomic E-state index is 0.294. The van der Waals surface area contributed by atoms with Crippen molar-refractivity contribution in [3.63, 3.8) is 0 Å². The Morgan fingerprint density at radius 1 is 1.12 bits per heavy atom. The molecule has 3 atom stereocenters. The minimum atomic E-state index is 0.294. The SMILES string of the molecule is C=C(O)CCCC(CCC(N)C1CCc2cc(C)ccc2C1)C(C)(C)CCC.CC.CC. The molecule has 0 saturated carbocycles. The first-order valence-electron chi connectivity index (χ1n) is 13.4. The van der Waals surface area contributed by atoms with Crippen molar-refractivity contribution in [2.45, 2.75) is 126 Å². The summed E-state index contributed by atoms with van der Waals surface area (Å²) in [5, 5.41) is 9.44. The van der Waals surface area contributed by atoms with Crippen molar-refractivity contribution >= 4 is 0 Å². The number of aliphatic hydroxyl groups excluding tert-OH is 1. The van der Waals surface area contributed by atoms with Gasteiger partial charge in [0, 0.05) is 12.5 Å². The quantitative estimate of drug-likeness (QED) is 0.334. The van der Waals surface area contributed by atoms with E-state index >= 15 is 0 Å². The largest absolute Gasteiger partial charge is 0.513 e. The molecule has 2 rings (SSSR count). The fourth-order valence-electron chi connectivity index (χ4n) is 5.23. The lowest BCUT2D eigenvalue weighted by molar-refractivity contribution is 0.155. The van der Waals surface area contributed by atoms with Crippen molar-refractivity contribution in [2.75, 3.05) is 0 Å². The Morgan fingerprint density at radius 2 is 1.78 bits per heavy atom. The number of allylic oxidation sites excluding steroid dienone is 1. The molecule has 0 fully saturated rings. The van der Waals surface area contributed by atoms with Crippen molar-refractivity contribution in [2.24, 2.45) is 23.0 Å². The van der Waals surface area contributed by atoms with Crippen LogP contribution in [-0.4, -0.2) is 11.1 Å². The molecule has 0 aromatic heterocycles. The molecular weight excluding hydrogens is 390 g/mol. The predicted octanol–water partition coefficient (Wildman–Crippen LogP) is 8.94. The summed E-state index contributed by atoms with van der Waals surface area (Å²) in [5.41, 5.74) is 11.5. The maximum absolute atomic E-state index is 9.44. The zero-order valence-corrected chi connectivity index (χ0v) is 22.8. The van der Waals surface area contributed by atoms with Crippen LogP contribution in [0.4, 0.5) is 0 Å². The Morgan fingerprint density at radius 3 is 2.38 bits per heavy atom. The number of hydrogen-bond donors (Lipinski definition) is 2. The average Bonchev–Trinajstić information content (AvgIpc) is 2.77. The van der Waals surface area contributed by atoms with Gasteiger partial charge < -0.3 is 10.8 Å². The molecule has 0 bridgehead atoms. The molecular formula is C30H55NO. The van der Waals surface area contributed by atoms with Crippen LogP contribution >= 0.6 is 0 Å². The molecule has 0 saturated heterocycles. The monoisotopic (exact) mass is 445 g/mol. The Kier molecular flexibility index (Phi) is 15.7. The second kappa shape index (κ2) is 16.4. The Balaban J connectivity index is 0.00000227. The summed E-state index contributed by atoms with van der Waals surface area (Å²) in [4.78, 5) is 0. The van der Waals surface area contributed by atoms with Crippen LogP contribution < -0.4 is 5.73 Å². The van der Waals surface area contributed by atoms with Gasteiger partial charge in [-0.15, -0.1) is 0 Å². The number of aryl methyl sites for hydroxylation is 2. The normalized spacial score (nSPS) is 17.1. The Hall–Kier alpha value is -1.28. The molecule has 1 aromatic rings. The molecule has 1 aromatic carbocycles. The van der Waals surface area contributed by atoms with Gasteiger partial charge in [-0.25, -0.2) is 0 Å². The van der Waals surface area contributed by atoms with Crippen LogP contribution in [-0.2, 0) is 12.8 Å². The molecule has 0 spiro atoms. The van der Waals surface area contributed by atoms with Gasteiger partial charge in [0.15, 0.2) is 0 Å². The van der Waals surface area contributed by atoms with Crippen molar-refractivity contribution in [3.8, 4) is 0 Å². The molecule has 32 heavy (non-hydrogen) atoms. The number of hydrogen-bond acceptors (Lipinski definition) is 2. The Bertz CT molecular complexity index is 634. The van der Waals surface area contributed by atoms with Crippen molar-refractivity contribution in [1.82, 2.24) is 0 Å². The van der Waals surface area contributed by atoms with Gasteiger partial charge in [0.25, 0.3) is 0 Å². The second-order valence-corrected chi connectivity index (χ2v) is 9.91. The number of benzene rings is 1. The van der Waals surface area contributed by atoms with Gasteiger partial charge in [0.1, 0.15) is 0 Å². The summed E-state index contributed by atoms with van der Waals surface area (Å²) in [5.74, 6) is 1.60. The summed E-state index contributed by atoms with van der Waals surface area (Å²) in [7, 11) is 0. The molecule has 0 heterocycles. The van der Waals surface area contributed by atoms with E-state index in [1.165, 1.54) is 48.8 Å². The van der Waals surface area contributed by atoms with Crippen LogP contribution in [0.5, 0.6) is 0 Å². The van der Waals surface area contributed by atoms with Gasteiger partial charge in [0.05, 0.1) is 5.76 Å². The first-order chi connectivity index (χ1) is 15.2. The fourth-order valence-corrected chi connectivity index (χ4v) is 5.23. The van der Waals surface area contributed by atoms with E-state index in [4.69, 9.17) is 5.73 Å². The molecule has 0 aliphatic heterocycles. The van der Waals surface area contributed by atoms with Gasteiger partial charge in [-0.3, -0.25) is 0 Å². The summed E-state index contributed by atoms with van der Waals surface area (Å²) in [6, 6.07) is 7.21. The zero-order valence-electron chi connectivity index (χ0n) is 22.8. The molecule has 3 N–H and O–H groups in total. The lowest BCUT2D eigenvalue weighted by Gasteiger charge is -2.36. The average molecular weight is 446 g/mol. The standard InChI is InChI=1S/C26H43NO.2C2H6/c1-6-16-26(4,5)24(9-7-8-20(3)28)14-15-25(27)23-13-12-21-17-19(2)10-11-22(21)18-23;2*1-2/h10-11,17,23-25,28H,3,6-9,12-16,18,27H2,1-2,4-5H3;2*1-2H3. The van der Waals surface area contributed by atoms with Crippen LogP contribution in [0.2, 0.25) is 0 Å². The number of aliphatic hydroxyl groups is 1. The number of nitrogens with two attached hydrogens (primary N) is 1. The zero-order chi connectivity index (χ0) is 24.7. The lowest BCUT2D eigenvalue weighted by Crippen LogP contribution is -2.35. The van der Waals surface area contributed by atoms with Crippen LogP contribution in [0.1, 0.15) is 117 Å². The van der Waals surface area contributed by atoms with Gasteiger partial charge >= 0.3 is 0 Å². The number of fused-ring (bicyclic) bond motifs is 1. The van der Waals surface area contributed by atoms with Crippen LogP contribution in [0.25, 0.3) is 0 Å². The first kappa shape index (κ1) is 30.7. The van der Waals surface area contributed by atoms with Crippen LogP contribution in [0.3, 0.4) is 0 Å². The van der Waals surface area contributed by atoms with E-state index in [1.807, 2.05) is 27.7 Å². The summed E-state index contributed by atoms with van der Waals surface area (Å²) in [6.07, 6.45) is 11.2. The summed E-state index contributed by atoms with van der Waals surface area (Å²) in [6.45, 7) is 20.9. The van der Waals surface area contributed by atoms with Crippen LogP contribution in [0.15, 0.2) is 30.5 Å². The van der Waals surface area contributed by atoms with Crippen LogP contribution in [0, 0.1) is 24.2 Å². The van der Waals surface area contributed by atoms with E-state index in [0.717, 1.165) is 32.1 Å². The fraction of sp³-hybridized carbons (Fsp3) is 0.733. The molecule has 2 nitrogen and oxygen atoms in total. The van der Waals surface area contributed by atoms with E-state index < -0.39 is 0 Å². The number of rotatable bonds is 11. The molecule has 1 aliphatic carbocycles. The molecule has 3 unspecified atom stereocenters. The predicted molar refractivity (Wildman–Crippen MR) is 144 cm³/mol. The van der Waals surface area contributed by atoms with Crippen molar-refractivity contribution in [3.05, 3.63) is 47.2 Å². The van der Waals surface area contributed by atoms with E-state index in [0.29, 0.717) is 29.1 Å².